The van der Waals surface area contributed by atoms with E-state index in [1.165, 1.54) is 28.2 Å². The van der Waals surface area contributed by atoms with E-state index in [0.29, 0.717) is 28.8 Å². The molecule has 3 amide bonds. The predicted octanol–water partition coefficient (Wildman–Crippen LogP) is 4.34. The molecule has 7 rings (SSSR count). The smallest absolute Gasteiger partial charge is 0.279 e. The van der Waals surface area contributed by atoms with Crippen LogP contribution < -0.4 is 11.1 Å². The molecule has 5 aromatic rings. The third-order valence-corrected chi connectivity index (χ3v) is 9.76. The zero-order valence-corrected chi connectivity index (χ0v) is 25.3. The Morgan fingerprint density at radius 2 is 1.85 bits per heavy atom. The number of nitrogens with zero attached hydrogens (tertiary/aromatic N) is 6. The minimum atomic E-state index is -2.56. The van der Waals surface area contributed by atoms with Crippen LogP contribution in [0.15, 0.2) is 60.9 Å². The molecule has 1 aliphatic heterocycles. The number of aryl methyl sites for hydroxylation is 1. The van der Waals surface area contributed by atoms with Crippen molar-refractivity contribution in [3.63, 3.8) is 0 Å². The number of likely N-dealkylation sites (tertiary alicyclic amines) is 1. The molecule has 2 aliphatic rings. The fraction of sp³-hybridized carbons (Fsp3) is 0.281. The molecule has 1 saturated heterocycles. The number of benzene rings is 2. The molecule has 1 unspecified atom stereocenters. The van der Waals surface area contributed by atoms with Gasteiger partial charge >= 0.3 is 0 Å². The van der Waals surface area contributed by atoms with Gasteiger partial charge in [-0.1, -0.05) is 6.07 Å². The summed E-state index contributed by atoms with van der Waals surface area (Å²) >= 11 is 1.39. The summed E-state index contributed by atoms with van der Waals surface area (Å²) in [5.41, 5.74) is 9.13. The molecule has 0 spiro atoms. The van der Waals surface area contributed by atoms with Gasteiger partial charge in [-0.05, 0) is 73.7 Å². The number of rotatable bonds is 7. The summed E-state index contributed by atoms with van der Waals surface area (Å²) in [6, 6.07) is 12.5. The second kappa shape index (κ2) is 11.7. The van der Waals surface area contributed by atoms with E-state index in [-0.39, 0.29) is 24.5 Å². The first-order valence-corrected chi connectivity index (χ1v) is 15.7. The number of amides is 3. The second-order valence-electron chi connectivity index (χ2n) is 11.4. The Labute approximate surface area is 265 Å². The molecule has 2 aromatic carbocycles. The van der Waals surface area contributed by atoms with Crippen LogP contribution in [0.5, 0.6) is 0 Å². The van der Waals surface area contributed by atoms with E-state index >= 15 is 4.39 Å². The molecular formula is C32H28F2N8O3S. The van der Waals surface area contributed by atoms with Gasteiger partial charge in [-0.2, -0.15) is 15.3 Å². The topological polar surface area (TPSA) is 149 Å². The highest BCUT2D eigenvalue weighted by atomic mass is 32.1. The molecule has 14 heteroatoms. The minimum absolute atomic E-state index is 0.0324. The van der Waals surface area contributed by atoms with Crippen molar-refractivity contribution in [3.05, 3.63) is 83.0 Å². The zero-order valence-electron chi connectivity index (χ0n) is 24.5. The number of carbonyl (C=O) groups excluding carboxylic acids is 3. The van der Waals surface area contributed by atoms with E-state index in [0.717, 1.165) is 45.0 Å². The molecule has 0 bridgehead atoms. The molecule has 234 valence electrons. The van der Waals surface area contributed by atoms with Gasteiger partial charge in [0.1, 0.15) is 17.4 Å². The Balaban J connectivity index is 1.11. The standard InChI is InChI=1S/C32H28F2N8O3S/c33-21-8-5-18(6-9-21)30-38-23-3-1-4-24(28(23)46-30)39-31(45)32(34)12-2-14-41(32)26(43)17-42-25-10-7-19(20-11-13-36-37-16-20)15-22(25)27(40-42)29(35)44/h5-11,13,15-16,24H,1-4,12,14,17H2,(H2,35,44)(H,39,45)/t24?,32-/m1/s1. The Bertz CT molecular complexity index is 1980. The van der Waals surface area contributed by atoms with Gasteiger partial charge in [-0.3, -0.25) is 19.1 Å². The first-order valence-electron chi connectivity index (χ1n) is 14.8. The van der Waals surface area contributed by atoms with Crippen molar-refractivity contribution in [2.24, 2.45) is 5.73 Å². The van der Waals surface area contributed by atoms with Gasteiger partial charge in [-0.15, -0.1) is 11.3 Å². The number of thiazole rings is 1. The fourth-order valence-electron chi connectivity index (χ4n) is 6.22. The summed E-state index contributed by atoms with van der Waals surface area (Å²) in [6.45, 7) is -0.350. The van der Waals surface area contributed by atoms with Crippen LogP contribution in [0.4, 0.5) is 8.78 Å². The quantitative estimate of drug-likeness (QED) is 0.251. The Kier molecular flexibility index (Phi) is 7.51. The largest absolute Gasteiger partial charge is 0.364 e. The van der Waals surface area contributed by atoms with Crippen LogP contribution in [-0.2, 0) is 22.6 Å². The molecule has 11 nitrogen and oxygen atoms in total. The molecular weight excluding hydrogens is 614 g/mol. The van der Waals surface area contributed by atoms with Gasteiger partial charge in [0.2, 0.25) is 5.91 Å². The average molecular weight is 643 g/mol. The van der Waals surface area contributed by atoms with Crippen molar-refractivity contribution >= 4 is 40.0 Å². The fourth-order valence-corrected chi connectivity index (χ4v) is 7.42. The Hall–Kier alpha value is -5.11. The number of aromatic nitrogens is 5. The van der Waals surface area contributed by atoms with Crippen LogP contribution in [0.3, 0.4) is 0 Å². The van der Waals surface area contributed by atoms with Crippen molar-refractivity contribution in [2.45, 2.75) is 50.5 Å². The third-order valence-electron chi connectivity index (χ3n) is 8.50. The van der Waals surface area contributed by atoms with Crippen LogP contribution in [0.1, 0.15) is 52.8 Å². The predicted molar refractivity (Wildman–Crippen MR) is 165 cm³/mol. The van der Waals surface area contributed by atoms with Gasteiger partial charge in [0.15, 0.2) is 5.69 Å². The maximum Gasteiger partial charge on any atom is 0.279 e. The van der Waals surface area contributed by atoms with Crippen molar-refractivity contribution in [1.29, 1.82) is 0 Å². The normalized spacial score (nSPS) is 19.3. The lowest BCUT2D eigenvalue weighted by molar-refractivity contribution is -0.157. The van der Waals surface area contributed by atoms with Crippen molar-refractivity contribution in [1.82, 2.24) is 35.2 Å². The second-order valence-corrected chi connectivity index (χ2v) is 12.4. The summed E-state index contributed by atoms with van der Waals surface area (Å²) < 4.78 is 31.3. The summed E-state index contributed by atoms with van der Waals surface area (Å²) in [7, 11) is 0. The van der Waals surface area contributed by atoms with Crippen LogP contribution >= 0.6 is 11.3 Å². The van der Waals surface area contributed by atoms with Crippen LogP contribution in [-0.4, -0.2) is 59.9 Å². The first-order chi connectivity index (χ1) is 22.2. The van der Waals surface area contributed by atoms with Gasteiger partial charge in [0, 0.05) is 29.5 Å². The van der Waals surface area contributed by atoms with Crippen molar-refractivity contribution in [3.8, 4) is 21.7 Å². The molecule has 4 heterocycles. The summed E-state index contributed by atoms with van der Waals surface area (Å²) in [5.74, 6) is -5.22. The molecule has 0 saturated carbocycles. The molecule has 46 heavy (non-hydrogen) atoms. The van der Waals surface area contributed by atoms with Crippen LogP contribution in [0.25, 0.3) is 32.6 Å². The number of fused-ring (bicyclic) bond motifs is 2. The molecule has 1 aliphatic carbocycles. The number of primary amides is 1. The number of nitrogens with two attached hydrogens (primary N) is 1. The maximum atomic E-state index is 16.6. The highest BCUT2D eigenvalue weighted by molar-refractivity contribution is 7.15. The van der Waals surface area contributed by atoms with E-state index < -0.39 is 36.1 Å². The van der Waals surface area contributed by atoms with Gasteiger partial charge in [0.25, 0.3) is 17.6 Å². The van der Waals surface area contributed by atoms with E-state index in [9.17, 15) is 18.8 Å². The van der Waals surface area contributed by atoms with E-state index in [1.54, 1.807) is 48.8 Å². The number of alkyl halides is 1. The zero-order chi connectivity index (χ0) is 32.0. The number of halogens is 2. The Morgan fingerprint density at radius 3 is 2.61 bits per heavy atom. The Morgan fingerprint density at radius 1 is 1.04 bits per heavy atom. The van der Waals surface area contributed by atoms with Gasteiger partial charge < -0.3 is 16.0 Å². The van der Waals surface area contributed by atoms with E-state index in [2.05, 4.69) is 20.6 Å². The third kappa shape index (κ3) is 5.27. The van der Waals surface area contributed by atoms with Crippen molar-refractivity contribution < 1.29 is 23.2 Å². The highest BCUT2D eigenvalue weighted by Crippen LogP contribution is 2.40. The molecule has 1 fully saturated rings. The molecule has 2 atom stereocenters. The highest BCUT2D eigenvalue weighted by Gasteiger charge is 2.51. The monoisotopic (exact) mass is 642 g/mol. The summed E-state index contributed by atoms with van der Waals surface area (Å²) in [6.07, 6.45) is 5.34. The lowest BCUT2D eigenvalue weighted by Gasteiger charge is -2.32. The van der Waals surface area contributed by atoms with E-state index in [4.69, 9.17) is 10.7 Å². The van der Waals surface area contributed by atoms with E-state index in [1.807, 2.05) is 0 Å². The lowest BCUT2D eigenvalue weighted by atomic mass is 9.97. The van der Waals surface area contributed by atoms with Crippen LogP contribution in [0, 0.1) is 5.82 Å². The first kappa shape index (κ1) is 29.6. The minimum Gasteiger partial charge on any atom is -0.364 e. The number of hydrogen-bond donors (Lipinski definition) is 2. The number of hydrogen-bond acceptors (Lipinski definition) is 8. The summed E-state index contributed by atoms with van der Waals surface area (Å²) in [4.78, 5) is 46.0. The van der Waals surface area contributed by atoms with Gasteiger partial charge in [0.05, 0.1) is 34.5 Å². The molecule has 3 N–H and O–H groups in total. The lowest BCUT2D eigenvalue weighted by Crippen LogP contribution is -2.55. The van der Waals surface area contributed by atoms with Crippen LogP contribution in [0.2, 0.25) is 0 Å². The number of nitrogens with one attached hydrogen (secondary N) is 1. The molecule has 3 aromatic heterocycles. The SMILES string of the molecule is NC(=O)c1nn(CC(=O)N2CCC[C@]2(F)C(=O)NC2CCCc3nc(-c4ccc(F)cc4)sc32)c2ccc(-c3ccnnc3)cc12. The molecule has 0 radical (unpaired) electrons. The van der Waals surface area contributed by atoms with Crippen molar-refractivity contribution in [2.75, 3.05) is 6.54 Å². The maximum absolute atomic E-state index is 16.6. The number of carbonyl (C=O) groups is 3. The summed E-state index contributed by atoms with van der Waals surface area (Å²) in [5, 5.41) is 15.9. The average Bonchev–Trinajstić information content (AvgIpc) is 3.78. The van der Waals surface area contributed by atoms with Gasteiger partial charge in [-0.25, -0.2) is 13.8 Å².